The molecule has 0 aliphatic carbocycles. The molecule has 2 aromatic carbocycles. The smallest absolute Gasteiger partial charge is 0.151 e. The molecule has 0 saturated carbocycles. The Morgan fingerprint density at radius 2 is 1.69 bits per heavy atom. The minimum absolute atomic E-state index is 0.0464. The first-order valence-electron chi connectivity index (χ1n) is 11.2. The van der Waals surface area contributed by atoms with Crippen LogP contribution in [0.1, 0.15) is 59.2 Å². The van der Waals surface area contributed by atoms with Gasteiger partial charge in [0.2, 0.25) is 0 Å². The van der Waals surface area contributed by atoms with Gasteiger partial charge in [-0.1, -0.05) is 12.1 Å². The maximum absolute atomic E-state index is 13.6. The first kappa shape index (κ1) is 22.5. The van der Waals surface area contributed by atoms with E-state index in [1.165, 1.54) is 6.92 Å². The third kappa shape index (κ3) is 4.56. The van der Waals surface area contributed by atoms with Gasteiger partial charge in [0.15, 0.2) is 5.82 Å². The molecule has 1 atom stereocenters. The number of phenolic OH excluding ortho intramolecular Hbond substituents is 1. The molecule has 2 heterocycles. The maximum atomic E-state index is 13.6. The van der Waals surface area contributed by atoms with Crippen LogP contribution >= 0.6 is 0 Å². The molecule has 1 aromatic heterocycles. The highest BCUT2D eigenvalue weighted by atomic mass is 19.1. The van der Waals surface area contributed by atoms with E-state index in [0.29, 0.717) is 22.9 Å². The highest BCUT2D eigenvalue weighted by molar-refractivity contribution is 5.90. The number of piperidine rings is 1. The summed E-state index contributed by atoms with van der Waals surface area (Å²) in [6.45, 7) is 10.5. The van der Waals surface area contributed by atoms with Crippen LogP contribution < -0.4 is 10.2 Å². The van der Waals surface area contributed by atoms with Crippen LogP contribution in [0.25, 0.3) is 22.0 Å². The van der Waals surface area contributed by atoms with Crippen LogP contribution in [0.3, 0.4) is 0 Å². The number of fused-ring (bicyclic) bond motifs is 1. The molecule has 5 nitrogen and oxygen atoms in total. The van der Waals surface area contributed by atoms with Crippen molar-refractivity contribution in [2.45, 2.75) is 70.8 Å². The monoisotopic (exact) mass is 436 g/mol. The highest BCUT2D eigenvalue weighted by Crippen LogP contribution is 2.35. The Kier molecular flexibility index (Phi) is 5.61. The predicted octanol–water partition coefficient (Wildman–Crippen LogP) is 5.78. The van der Waals surface area contributed by atoms with E-state index < -0.39 is 6.17 Å². The van der Waals surface area contributed by atoms with Crippen molar-refractivity contribution in [3.63, 3.8) is 0 Å². The lowest BCUT2D eigenvalue weighted by Crippen LogP contribution is -2.62. The van der Waals surface area contributed by atoms with Crippen molar-refractivity contribution in [3.05, 3.63) is 48.0 Å². The van der Waals surface area contributed by atoms with Gasteiger partial charge in [-0.05, 0) is 94.1 Å². The Morgan fingerprint density at radius 1 is 1.00 bits per heavy atom. The van der Waals surface area contributed by atoms with Crippen LogP contribution in [0.4, 0.5) is 10.2 Å². The summed E-state index contributed by atoms with van der Waals surface area (Å²) in [5.41, 5.74) is 1.91. The molecular weight excluding hydrogens is 403 g/mol. The summed E-state index contributed by atoms with van der Waals surface area (Å²) in [7, 11) is 2.07. The van der Waals surface area contributed by atoms with Crippen molar-refractivity contribution in [3.8, 4) is 17.0 Å². The fourth-order valence-electron chi connectivity index (χ4n) is 5.14. The summed E-state index contributed by atoms with van der Waals surface area (Å²) in [6.07, 6.45) is 0.982. The lowest BCUT2D eigenvalue weighted by Gasteiger charge is -2.49. The van der Waals surface area contributed by atoms with Crippen molar-refractivity contribution in [2.24, 2.45) is 0 Å². The third-order valence-corrected chi connectivity index (χ3v) is 6.44. The first-order chi connectivity index (χ1) is 14.9. The lowest BCUT2D eigenvalue weighted by molar-refractivity contribution is 0.160. The fourth-order valence-corrected chi connectivity index (χ4v) is 5.14. The van der Waals surface area contributed by atoms with Crippen molar-refractivity contribution in [1.82, 2.24) is 15.5 Å². The van der Waals surface area contributed by atoms with Gasteiger partial charge in [-0.2, -0.15) is 0 Å². The molecule has 6 heteroatoms. The number of aromatic hydroxyl groups is 1. The summed E-state index contributed by atoms with van der Waals surface area (Å²) in [5, 5.41) is 25.0. The third-order valence-electron chi connectivity index (χ3n) is 6.44. The average molecular weight is 437 g/mol. The Balaban J connectivity index is 1.60. The number of halogens is 1. The summed E-state index contributed by atoms with van der Waals surface area (Å²) in [5.74, 6) is 0.924. The standard InChI is InChI=1S/C26H33FN4O/c1-16(27)17-7-8-18-12-21(23(32)13-19(18)11-17)22-9-10-24(29-28-22)31(6)20-14-25(2,3)30-26(4,5)15-20/h7-13,16,20,30,32H,14-15H2,1-6H3. The van der Waals surface area contributed by atoms with E-state index in [9.17, 15) is 9.50 Å². The van der Waals surface area contributed by atoms with Crippen LogP contribution in [0.5, 0.6) is 5.75 Å². The van der Waals surface area contributed by atoms with E-state index in [4.69, 9.17) is 0 Å². The lowest BCUT2D eigenvalue weighted by atomic mass is 9.79. The molecular formula is C26H33FN4O. The van der Waals surface area contributed by atoms with Crippen LogP contribution in [0, 0.1) is 0 Å². The molecule has 2 N–H and O–H groups in total. The van der Waals surface area contributed by atoms with Gasteiger partial charge in [0, 0.05) is 29.7 Å². The molecule has 4 rings (SSSR count). The zero-order chi connectivity index (χ0) is 23.3. The van der Waals surface area contributed by atoms with Crippen LogP contribution in [-0.4, -0.2) is 39.5 Å². The predicted molar refractivity (Wildman–Crippen MR) is 129 cm³/mol. The van der Waals surface area contributed by atoms with E-state index >= 15 is 0 Å². The normalized spacial score (nSPS) is 19.1. The second-order valence-corrected chi connectivity index (χ2v) is 10.4. The number of alkyl halides is 1. The number of nitrogens with one attached hydrogen (secondary N) is 1. The van der Waals surface area contributed by atoms with Gasteiger partial charge in [-0.3, -0.25) is 0 Å². The van der Waals surface area contributed by atoms with Gasteiger partial charge < -0.3 is 15.3 Å². The molecule has 0 amide bonds. The molecule has 1 aliphatic heterocycles. The van der Waals surface area contributed by atoms with Crippen LogP contribution in [0.2, 0.25) is 0 Å². The van der Waals surface area contributed by atoms with E-state index in [-0.39, 0.29) is 16.8 Å². The second kappa shape index (κ2) is 8.00. The van der Waals surface area contributed by atoms with Gasteiger partial charge in [0.25, 0.3) is 0 Å². The van der Waals surface area contributed by atoms with Gasteiger partial charge in [0.05, 0.1) is 5.69 Å². The van der Waals surface area contributed by atoms with Crippen LogP contribution in [-0.2, 0) is 0 Å². The number of aromatic nitrogens is 2. The molecule has 0 spiro atoms. The Morgan fingerprint density at radius 3 is 2.28 bits per heavy atom. The number of anilines is 1. The molecule has 1 saturated heterocycles. The van der Waals surface area contributed by atoms with E-state index in [0.717, 1.165) is 29.4 Å². The van der Waals surface area contributed by atoms with Gasteiger partial charge in [0.1, 0.15) is 11.9 Å². The molecule has 170 valence electrons. The minimum atomic E-state index is -1.05. The van der Waals surface area contributed by atoms with Crippen molar-refractivity contribution < 1.29 is 9.50 Å². The van der Waals surface area contributed by atoms with Crippen molar-refractivity contribution >= 4 is 16.6 Å². The molecule has 3 aromatic rings. The second-order valence-electron chi connectivity index (χ2n) is 10.4. The largest absolute Gasteiger partial charge is 0.507 e. The minimum Gasteiger partial charge on any atom is -0.507 e. The first-order valence-corrected chi connectivity index (χ1v) is 11.2. The van der Waals surface area contributed by atoms with Gasteiger partial charge >= 0.3 is 0 Å². The quantitative estimate of drug-likeness (QED) is 0.543. The molecule has 0 bridgehead atoms. The zero-order valence-electron chi connectivity index (χ0n) is 19.8. The van der Waals surface area contributed by atoms with E-state index in [1.807, 2.05) is 24.3 Å². The molecule has 1 unspecified atom stereocenters. The molecule has 0 radical (unpaired) electrons. The number of hydrogen-bond donors (Lipinski definition) is 2. The Bertz CT molecular complexity index is 1110. The van der Waals surface area contributed by atoms with E-state index in [1.54, 1.807) is 18.2 Å². The highest BCUT2D eigenvalue weighted by Gasteiger charge is 2.39. The molecule has 32 heavy (non-hydrogen) atoms. The Hall–Kier alpha value is -2.73. The average Bonchev–Trinajstić information content (AvgIpc) is 2.70. The maximum Gasteiger partial charge on any atom is 0.151 e. The zero-order valence-corrected chi connectivity index (χ0v) is 19.8. The molecule has 1 fully saturated rings. The van der Waals surface area contributed by atoms with Gasteiger partial charge in [-0.25, -0.2) is 4.39 Å². The van der Waals surface area contributed by atoms with E-state index in [2.05, 4.69) is 55.2 Å². The van der Waals surface area contributed by atoms with Crippen molar-refractivity contribution in [1.29, 1.82) is 0 Å². The Labute approximate surface area is 189 Å². The number of phenols is 1. The topological polar surface area (TPSA) is 61.3 Å². The summed E-state index contributed by atoms with van der Waals surface area (Å²) < 4.78 is 13.6. The number of hydrogen-bond acceptors (Lipinski definition) is 5. The summed E-state index contributed by atoms with van der Waals surface area (Å²) in [6, 6.07) is 13.2. The molecule has 1 aliphatic rings. The number of rotatable bonds is 4. The van der Waals surface area contributed by atoms with Crippen LogP contribution in [0.15, 0.2) is 42.5 Å². The van der Waals surface area contributed by atoms with Crippen molar-refractivity contribution in [2.75, 3.05) is 11.9 Å². The number of nitrogens with zero attached hydrogens (tertiary/aromatic N) is 3. The summed E-state index contributed by atoms with van der Waals surface area (Å²) in [4.78, 5) is 2.21. The fraction of sp³-hybridized carbons (Fsp3) is 0.462. The summed E-state index contributed by atoms with van der Waals surface area (Å²) >= 11 is 0. The van der Waals surface area contributed by atoms with Gasteiger partial charge in [-0.15, -0.1) is 10.2 Å². The SMILES string of the molecule is CC(F)c1ccc2cc(-c3ccc(N(C)C4CC(C)(C)NC(C)(C)C4)nn3)c(O)cc2c1. The number of benzene rings is 2.